The maximum atomic E-state index is 3.62. The second kappa shape index (κ2) is 8.73. The summed E-state index contributed by atoms with van der Waals surface area (Å²) in [6, 6.07) is 34.8. The SMILES string of the molecule is C1=CCC2C(=C1)N(c1ccc(-c3cccc4ccccc34)cc1)C1=CC(Nc3ccccc3)=CCC12. The zero-order valence-electron chi connectivity index (χ0n) is 20.1. The summed E-state index contributed by atoms with van der Waals surface area (Å²) in [6.07, 6.45) is 13.7. The molecule has 1 saturated heterocycles. The lowest BCUT2D eigenvalue weighted by atomic mass is 9.82. The molecule has 4 aromatic rings. The molecule has 3 aliphatic rings. The molecular weight excluding hydrogens is 436 g/mol. The second-order valence-electron chi connectivity index (χ2n) is 9.83. The molecule has 2 nitrogen and oxygen atoms in total. The van der Waals surface area contributed by atoms with Gasteiger partial charge in [0.1, 0.15) is 0 Å². The first kappa shape index (κ1) is 21.0. The Labute approximate surface area is 212 Å². The van der Waals surface area contributed by atoms with E-state index in [2.05, 4.69) is 138 Å². The normalized spacial score (nSPS) is 20.3. The highest BCUT2D eigenvalue weighted by Gasteiger charge is 2.42. The molecule has 1 heterocycles. The minimum Gasteiger partial charge on any atom is -0.356 e. The van der Waals surface area contributed by atoms with Crippen LogP contribution in [0, 0.1) is 11.8 Å². The van der Waals surface area contributed by atoms with Crippen molar-refractivity contribution in [1.29, 1.82) is 0 Å². The highest BCUT2D eigenvalue weighted by Crippen LogP contribution is 2.50. The van der Waals surface area contributed by atoms with Gasteiger partial charge < -0.3 is 10.2 Å². The van der Waals surface area contributed by atoms with Crippen LogP contribution in [0.3, 0.4) is 0 Å². The van der Waals surface area contributed by atoms with Gasteiger partial charge in [0.25, 0.3) is 0 Å². The van der Waals surface area contributed by atoms with Crippen molar-refractivity contribution in [1.82, 2.24) is 0 Å². The zero-order valence-corrected chi connectivity index (χ0v) is 20.1. The van der Waals surface area contributed by atoms with E-state index in [4.69, 9.17) is 0 Å². The smallest absolute Gasteiger partial charge is 0.0455 e. The van der Waals surface area contributed by atoms with Crippen molar-refractivity contribution in [2.45, 2.75) is 12.8 Å². The molecule has 1 fully saturated rings. The minimum absolute atomic E-state index is 0.514. The van der Waals surface area contributed by atoms with E-state index >= 15 is 0 Å². The molecule has 0 saturated carbocycles. The van der Waals surface area contributed by atoms with Crippen LogP contribution in [-0.2, 0) is 0 Å². The number of hydrogen-bond donors (Lipinski definition) is 1. The quantitative estimate of drug-likeness (QED) is 0.325. The van der Waals surface area contributed by atoms with Crippen LogP contribution in [0.15, 0.2) is 145 Å². The molecule has 2 aliphatic carbocycles. The topological polar surface area (TPSA) is 15.3 Å². The van der Waals surface area contributed by atoms with E-state index in [-0.39, 0.29) is 0 Å². The van der Waals surface area contributed by atoms with Crippen molar-refractivity contribution in [2.24, 2.45) is 11.8 Å². The molecule has 2 unspecified atom stereocenters. The highest BCUT2D eigenvalue weighted by atomic mass is 15.2. The molecule has 1 N–H and O–H groups in total. The summed E-state index contributed by atoms with van der Waals surface area (Å²) in [7, 11) is 0. The Morgan fingerprint density at radius 3 is 2.36 bits per heavy atom. The Balaban J connectivity index is 1.26. The third kappa shape index (κ3) is 3.58. The number of anilines is 2. The first-order chi connectivity index (χ1) is 17.8. The van der Waals surface area contributed by atoms with E-state index in [1.54, 1.807) is 0 Å². The van der Waals surface area contributed by atoms with Crippen molar-refractivity contribution in [2.75, 3.05) is 10.2 Å². The van der Waals surface area contributed by atoms with Crippen LogP contribution in [0.4, 0.5) is 11.4 Å². The van der Waals surface area contributed by atoms with Gasteiger partial charge in [0.2, 0.25) is 0 Å². The van der Waals surface area contributed by atoms with Gasteiger partial charge in [0.15, 0.2) is 0 Å². The maximum Gasteiger partial charge on any atom is 0.0455 e. The molecule has 2 atom stereocenters. The lowest BCUT2D eigenvalue weighted by Gasteiger charge is -2.26. The van der Waals surface area contributed by atoms with Gasteiger partial charge in [-0.25, -0.2) is 0 Å². The van der Waals surface area contributed by atoms with Gasteiger partial charge in [0, 0.05) is 40.3 Å². The zero-order chi connectivity index (χ0) is 23.9. The van der Waals surface area contributed by atoms with Crippen molar-refractivity contribution in [3.05, 3.63) is 145 Å². The van der Waals surface area contributed by atoms with Crippen LogP contribution >= 0.6 is 0 Å². The third-order valence-corrected chi connectivity index (χ3v) is 7.74. The predicted octanol–water partition coefficient (Wildman–Crippen LogP) is 8.69. The van der Waals surface area contributed by atoms with Crippen LogP contribution in [0.2, 0.25) is 0 Å². The Morgan fingerprint density at radius 2 is 1.47 bits per heavy atom. The van der Waals surface area contributed by atoms with E-state index in [0.717, 1.165) is 18.5 Å². The van der Waals surface area contributed by atoms with Crippen LogP contribution in [0.25, 0.3) is 21.9 Å². The molecule has 7 rings (SSSR count). The summed E-state index contributed by atoms with van der Waals surface area (Å²) >= 11 is 0. The summed E-state index contributed by atoms with van der Waals surface area (Å²) < 4.78 is 0. The fourth-order valence-electron chi connectivity index (χ4n) is 6.04. The summed E-state index contributed by atoms with van der Waals surface area (Å²) in [6.45, 7) is 0. The summed E-state index contributed by atoms with van der Waals surface area (Å²) in [5, 5.41) is 6.19. The maximum absolute atomic E-state index is 3.62. The molecule has 0 bridgehead atoms. The summed E-state index contributed by atoms with van der Waals surface area (Å²) in [5.74, 6) is 1.05. The van der Waals surface area contributed by atoms with Gasteiger partial charge in [0.05, 0.1) is 0 Å². The Morgan fingerprint density at radius 1 is 0.694 bits per heavy atom. The largest absolute Gasteiger partial charge is 0.356 e. The fraction of sp³-hybridized carbons (Fsp3) is 0.118. The average Bonchev–Trinajstić information content (AvgIpc) is 3.27. The molecule has 0 amide bonds. The average molecular weight is 465 g/mol. The molecule has 0 radical (unpaired) electrons. The number of nitrogens with one attached hydrogen (secondary N) is 1. The molecular formula is C34H28N2. The monoisotopic (exact) mass is 464 g/mol. The van der Waals surface area contributed by atoms with Crippen LogP contribution in [-0.4, -0.2) is 0 Å². The number of para-hydroxylation sites is 1. The first-order valence-corrected chi connectivity index (χ1v) is 12.8. The number of hydrogen-bond acceptors (Lipinski definition) is 2. The van der Waals surface area contributed by atoms with E-state index in [1.165, 1.54) is 44.7 Å². The van der Waals surface area contributed by atoms with Crippen LogP contribution in [0.1, 0.15) is 12.8 Å². The van der Waals surface area contributed by atoms with Crippen molar-refractivity contribution in [3.8, 4) is 11.1 Å². The van der Waals surface area contributed by atoms with E-state index < -0.39 is 0 Å². The number of allylic oxidation sites excluding steroid dienone is 7. The minimum atomic E-state index is 0.514. The third-order valence-electron chi connectivity index (χ3n) is 7.74. The Hall–Kier alpha value is -4.30. The Kier molecular flexibility index (Phi) is 5.10. The van der Waals surface area contributed by atoms with Crippen molar-refractivity contribution in [3.63, 3.8) is 0 Å². The fourth-order valence-corrected chi connectivity index (χ4v) is 6.04. The molecule has 4 aromatic carbocycles. The molecule has 36 heavy (non-hydrogen) atoms. The van der Waals surface area contributed by atoms with E-state index in [9.17, 15) is 0 Å². The molecule has 1 aliphatic heterocycles. The first-order valence-electron chi connectivity index (χ1n) is 12.8. The Bertz CT molecular complexity index is 1550. The number of benzene rings is 4. The predicted molar refractivity (Wildman–Crippen MR) is 152 cm³/mol. The molecule has 0 aromatic heterocycles. The summed E-state index contributed by atoms with van der Waals surface area (Å²) in [5.41, 5.74) is 8.89. The van der Waals surface area contributed by atoms with E-state index in [0.29, 0.717) is 11.8 Å². The van der Waals surface area contributed by atoms with Gasteiger partial charge >= 0.3 is 0 Å². The van der Waals surface area contributed by atoms with Crippen LogP contribution < -0.4 is 10.2 Å². The summed E-state index contributed by atoms with van der Waals surface area (Å²) in [4.78, 5) is 2.51. The lowest BCUT2D eigenvalue weighted by molar-refractivity contribution is 0.476. The van der Waals surface area contributed by atoms with Gasteiger partial charge in [-0.3, -0.25) is 0 Å². The number of fused-ring (bicyclic) bond motifs is 4. The van der Waals surface area contributed by atoms with Crippen LogP contribution in [0.5, 0.6) is 0 Å². The van der Waals surface area contributed by atoms with Crippen molar-refractivity contribution < 1.29 is 0 Å². The molecule has 2 heteroatoms. The molecule has 0 spiro atoms. The van der Waals surface area contributed by atoms with Gasteiger partial charge in [-0.1, -0.05) is 91.0 Å². The van der Waals surface area contributed by atoms with E-state index in [1.807, 2.05) is 0 Å². The second-order valence-corrected chi connectivity index (χ2v) is 9.83. The van der Waals surface area contributed by atoms with Gasteiger partial charge in [-0.15, -0.1) is 0 Å². The molecule has 174 valence electrons. The van der Waals surface area contributed by atoms with Gasteiger partial charge in [-0.05, 0) is 71.2 Å². The standard InChI is InChI=1S/C34H28N2/c1-2-11-26(12-3-1)35-27-19-22-32-31-14-6-7-16-33(31)36(34(32)23-27)28-20-17-25(18-21-28)30-15-8-10-24-9-4-5-13-29(24)30/h1-13,15-21,23,31-32,35H,14,22H2. The lowest BCUT2D eigenvalue weighted by Crippen LogP contribution is -2.19. The van der Waals surface area contributed by atoms with Crippen molar-refractivity contribution >= 4 is 22.1 Å². The number of rotatable bonds is 4. The van der Waals surface area contributed by atoms with Gasteiger partial charge in [-0.2, -0.15) is 0 Å². The number of nitrogens with zero attached hydrogens (tertiary/aromatic N) is 1. The highest BCUT2D eigenvalue weighted by molar-refractivity contribution is 5.96.